The second-order valence-electron chi connectivity index (χ2n) is 26.4. The molecule has 4 heteroatoms. The number of para-hydroxylation sites is 1. The molecule has 5 aliphatic rings. The summed E-state index contributed by atoms with van der Waals surface area (Å²) >= 11 is 0. The number of hydrogen-bond donors (Lipinski definition) is 0. The minimum absolute atomic E-state index is 0.00299. The van der Waals surface area contributed by atoms with Crippen molar-refractivity contribution in [2.75, 3.05) is 14.7 Å². The van der Waals surface area contributed by atoms with Gasteiger partial charge in [0.05, 0.1) is 5.54 Å². The number of fused-ring (bicyclic) bond motifs is 10. The Hall–Kier alpha value is -6.78. The standard InChI is InChI=1S/C70H72BN3/c1-65(2,3)48-25-21-28-51(39-48)73-60-40-49(66(4,5)6)31-32-57(60)71-58-43-54-55(68(9,10)37-36-67(54,7)8)44-61(58)72(50-26-17-14-18-27-50)62-41-52(42-63(73)64(62)71)74-59-33-30-47(45-22-15-13-16-23-45)38-56(59)69(11)35-34-46-24-19-20-29-53(46)70(69,74)12/h13-33,38-44H,34-37H2,1-12H3. The first-order chi connectivity index (χ1) is 35.2. The molecule has 3 heterocycles. The maximum atomic E-state index is 2.79. The number of anilines is 8. The molecule has 0 spiro atoms. The molecule has 74 heavy (non-hydrogen) atoms. The van der Waals surface area contributed by atoms with Gasteiger partial charge in [0.25, 0.3) is 6.71 Å². The van der Waals surface area contributed by atoms with Crippen molar-refractivity contribution in [1.82, 2.24) is 0 Å². The number of aryl methyl sites for hydroxylation is 1. The summed E-state index contributed by atoms with van der Waals surface area (Å²) in [6.45, 7) is 29.2. The topological polar surface area (TPSA) is 9.72 Å². The molecule has 8 aromatic carbocycles. The second kappa shape index (κ2) is 15.9. The molecule has 0 radical (unpaired) electrons. The molecule has 3 nitrogen and oxygen atoms in total. The molecule has 0 bridgehead atoms. The molecule has 0 N–H and O–H groups in total. The SMILES string of the molecule is CC(C)(C)c1cccc(N2c3cc(C(C)(C)C)ccc3B3c4cc5c(cc4N(c4ccccc4)c4cc(N6c7ccc(-c8ccccc8)cc7C7(C)CCc8ccccc8C67C)cc2c43)C(C)(C)CCC5(C)C)c1. The van der Waals surface area contributed by atoms with Gasteiger partial charge in [-0.3, -0.25) is 0 Å². The highest BCUT2D eigenvalue weighted by atomic mass is 15.3. The Balaban J connectivity index is 1.18. The Morgan fingerprint density at radius 1 is 0.405 bits per heavy atom. The van der Waals surface area contributed by atoms with Gasteiger partial charge in [-0.15, -0.1) is 0 Å². The zero-order valence-electron chi connectivity index (χ0n) is 45.9. The Labute approximate surface area is 442 Å². The van der Waals surface area contributed by atoms with Crippen molar-refractivity contribution < 1.29 is 0 Å². The Morgan fingerprint density at radius 2 is 1.00 bits per heavy atom. The molecule has 0 fully saturated rings. The largest absolute Gasteiger partial charge is 0.330 e. The van der Waals surface area contributed by atoms with Gasteiger partial charge in [-0.2, -0.15) is 0 Å². The van der Waals surface area contributed by atoms with Crippen molar-refractivity contribution in [2.45, 2.75) is 141 Å². The lowest BCUT2D eigenvalue weighted by Crippen LogP contribution is -2.62. The van der Waals surface area contributed by atoms with Crippen molar-refractivity contribution in [3.63, 3.8) is 0 Å². The smallest absolute Gasteiger partial charge is 0.252 e. The van der Waals surface area contributed by atoms with Crippen LogP contribution in [0.15, 0.2) is 170 Å². The van der Waals surface area contributed by atoms with Crippen molar-refractivity contribution >= 4 is 68.6 Å². The van der Waals surface area contributed by atoms with E-state index in [4.69, 9.17) is 0 Å². The summed E-state index contributed by atoms with van der Waals surface area (Å²) in [6, 6.07) is 66.5. The van der Waals surface area contributed by atoms with Gasteiger partial charge in [0.15, 0.2) is 0 Å². The summed E-state index contributed by atoms with van der Waals surface area (Å²) < 4.78 is 0. The fraction of sp³-hybridized carbons (Fsp3) is 0.314. The van der Waals surface area contributed by atoms with Crippen molar-refractivity contribution in [3.8, 4) is 11.1 Å². The van der Waals surface area contributed by atoms with Crippen molar-refractivity contribution in [3.05, 3.63) is 209 Å². The lowest BCUT2D eigenvalue weighted by Gasteiger charge is -2.52. The molecule has 2 atom stereocenters. The first-order valence-electron chi connectivity index (χ1n) is 27.5. The van der Waals surface area contributed by atoms with E-state index in [2.05, 4.69) is 268 Å². The first-order valence-corrected chi connectivity index (χ1v) is 27.5. The van der Waals surface area contributed by atoms with E-state index in [1.54, 1.807) is 0 Å². The van der Waals surface area contributed by atoms with E-state index in [9.17, 15) is 0 Å². The van der Waals surface area contributed by atoms with Gasteiger partial charge < -0.3 is 14.7 Å². The van der Waals surface area contributed by atoms with Gasteiger partial charge in [-0.25, -0.2) is 0 Å². The highest BCUT2D eigenvalue weighted by Crippen LogP contribution is 2.65. The molecule has 13 rings (SSSR count). The van der Waals surface area contributed by atoms with Gasteiger partial charge in [0, 0.05) is 50.9 Å². The Bertz CT molecular complexity index is 3590. The summed E-state index contributed by atoms with van der Waals surface area (Å²) in [4.78, 5) is 8.13. The van der Waals surface area contributed by atoms with Crippen molar-refractivity contribution in [2.24, 2.45) is 0 Å². The lowest BCUT2D eigenvalue weighted by atomic mass is 9.33. The van der Waals surface area contributed by atoms with Crippen LogP contribution in [-0.4, -0.2) is 6.71 Å². The fourth-order valence-electron chi connectivity index (χ4n) is 14.4. The minimum Gasteiger partial charge on any atom is -0.330 e. The number of benzene rings is 8. The van der Waals surface area contributed by atoms with Crippen LogP contribution in [0.5, 0.6) is 0 Å². The normalized spacial score (nSPS) is 20.7. The summed E-state index contributed by atoms with van der Waals surface area (Å²) in [6.07, 6.45) is 4.42. The van der Waals surface area contributed by atoms with Crippen LogP contribution in [0.1, 0.15) is 141 Å². The lowest BCUT2D eigenvalue weighted by molar-refractivity contribution is 0.245. The van der Waals surface area contributed by atoms with Gasteiger partial charge in [0.1, 0.15) is 0 Å². The van der Waals surface area contributed by atoms with E-state index in [-0.39, 0.29) is 33.8 Å². The maximum Gasteiger partial charge on any atom is 0.252 e. The quantitative estimate of drug-likeness (QED) is 0.163. The highest BCUT2D eigenvalue weighted by Gasteiger charge is 2.60. The molecule has 0 aromatic heterocycles. The third-order valence-electron chi connectivity index (χ3n) is 19.0. The average Bonchev–Trinajstić information content (AvgIpc) is 3.59. The predicted molar refractivity (Wildman–Crippen MR) is 317 cm³/mol. The van der Waals surface area contributed by atoms with Gasteiger partial charge in [-0.05, 0) is 181 Å². The maximum absolute atomic E-state index is 2.79. The van der Waals surface area contributed by atoms with Gasteiger partial charge in [0.2, 0.25) is 0 Å². The number of nitrogens with zero attached hydrogens (tertiary/aromatic N) is 3. The Kier molecular flexibility index (Phi) is 10.1. The zero-order valence-corrected chi connectivity index (χ0v) is 45.9. The molecule has 0 saturated heterocycles. The first kappa shape index (κ1) is 47.0. The predicted octanol–water partition coefficient (Wildman–Crippen LogP) is 16.7. The minimum atomic E-state index is -0.415. The third-order valence-corrected chi connectivity index (χ3v) is 19.0. The molecule has 0 amide bonds. The van der Waals surface area contributed by atoms with Crippen LogP contribution in [0.4, 0.5) is 45.5 Å². The average molecular weight is 966 g/mol. The molecule has 370 valence electrons. The molecule has 3 aliphatic heterocycles. The van der Waals surface area contributed by atoms with E-state index in [0.717, 1.165) is 19.3 Å². The van der Waals surface area contributed by atoms with Crippen LogP contribution < -0.4 is 31.1 Å². The van der Waals surface area contributed by atoms with E-state index in [0.29, 0.717) is 0 Å². The van der Waals surface area contributed by atoms with Crippen LogP contribution in [0.2, 0.25) is 0 Å². The molecule has 8 aromatic rings. The number of rotatable bonds is 4. The van der Waals surface area contributed by atoms with E-state index in [1.807, 2.05) is 0 Å². The monoisotopic (exact) mass is 966 g/mol. The molecule has 2 unspecified atom stereocenters. The fourth-order valence-corrected chi connectivity index (χ4v) is 14.4. The van der Waals surface area contributed by atoms with Crippen LogP contribution in [0.25, 0.3) is 11.1 Å². The van der Waals surface area contributed by atoms with Crippen molar-refractivity contribution in [1.29, 1.82) is 0 Å². The summed E-state index contributed by atoms with van der Waals surface area (Å²) in [5.41, 5.74) is 25.9. The molecular weight excluding hydrogens is 894 g/mol. The summed E-state index contributed by atoms with van der Waals surface area (Å²) in [5.74, 6) is 0. The molecule has 2 aliphatic carbocycles. The van der Waals surface area contributed by atoms with Crippen LogP contribution >= 0.6 is 0 Å². The van der Waals surface area contributed by atoms with Gasteiger partial charge in [-0.1, -0.05) is 185 Å². The van der Waals surface area contributed by atoms with Crippen LogP contribution in [0.3, 0.4) is 0 Å². The Morgan fingerprint density at radius 3 is 1.69 bits per heavy atom. The zero-order chi connectivity index (χ0) is 51.5. The summed E-state index contributed by atoms with van der Waals surface area (Å²) in [7, 11) is 0. The third kappa shape index (κ3) is 6.71. The van der Waals surface area contributed by atoms with E-state index in [1.165, 1.54) is 118 Å². The summed E-state index contributed by atoms with van der Waals surface area (Å²) in [5, 5.41) is 0. The second-order valence-corrected chi connectivity index (χ2v) is 26.4. The van der Waals surface area contributed by atoms with E-state index < -0.39 is 5.54 Å². The molecule has 0 saturated carbocycles. The number of hydrogen-bond acceptors (Lipinski definition) is 3. The highest BCUT2D eigenvalue weighted by molar-refractivity contribution is 7.00. The van der Waals surface area contributed by atoms with Crippen LogP contribution in [0, 0.1) is 0 Å². The van der Waals surface area contributed by atoms with Crippen LogP contribution in [-0.2, 0) is 39.0 Å². The molecular formula is C70H72BN3. The van der Waals surface area contributed by atoms with E-state index >= 15 is 0 Å². The van der Waals surface area contributed by atoms with Gasteiger partial charge >= 0.3 is 0 Å².